The number of nitrogens with zero attached hydrogens (tertiary/aromatic N) is 1. The number of nitrogens with one attached hydrogen (secondary N) is 1. The molecule has 1 saturated heterocycles. The Morgan fingerprint density at radius 2 is 2.35 bits per heavy atom. The van der Waals surface area contributed by atoms with Gasteiger partial charge in [0.05, 0.1) is 6.10 Å². The molecule has 1 aromatic rings. The third-order valence-corrected chi connectivity index (χ3v) is 4.82. The van der Waals surface area contributed by atoms with Gasteiger partial charge in [-0.3, -0.25) is 4.90 Å². The zero-order valence-electron chi connectivity index (χ0n) is 13.1. The van der Waals surface area contributed by atoms with Crippen LogP contribution in [0.15, 0.2) is 6.07 Å². The molecule has 1 unspecified atom stereocenters. The first-order chi connectivity index (χ1) is 9.69. The van der Waals surface area contributed by atoms with E-state index in [1.165, 1.54) is 21.7 Å². The van der Waals surface area contributed by atoms with Crippen LogP contribution in [0, 0.1) is 6.92 Å². The Labute approximate surface area is 127 Å². The van der Waals surface area contributed by atoms with E-state index in [2.05, 4.69) is 37.1 Å². The molecule has 0 amide bonds. The van der Waals surface area contributed by atoms with Crippen molar-refractivity contribution < 1.29 is 4.74 Å². The summed E-state index contributed by atoms with van der Waals surface area (Å²) in [5.41, 5.74) is 1.50. The molecule has 0 bridgehead atoms. The fourth-order valence-electron chi connectivity index (χ4n) is 2.68. The molecule has 1 atom stereocenters. The number of hydrogen-bond acceptors (Lipinski definition) is 4. The van der Waals surface area contributed by atoms with Gasteiger partial charge in [0.25, 0.3) is 0 Å². The second-order valence-corrected chi connectivity index (χ2v) is 7.08. The Morgan fingerprint density at radius 1 is 1.50 bits per heavy atom. The van der Waals surface area contributed by atoms with Crippen LogP contribution in [-0.2, 0) is 17.8 Å². The van der Waals surface area contributed by atoms with E-state index < -0.39 is 0 Å². The fourth-order valence-corrected chi connectivity index (χ4v) is 3.71. The van der Waals surface area contributed by atoms with Crippen molar-refractivity contribution in [2.75, 3.05) is 26.2 Å². The highest BCUT2D eigenvalue weighted by molar-refractivity contribution is 7.12. The predicted molar refractivity (Wildman–Crippen MR) is 86.4 cm³/mol. The summed E-state index contributed by atoms with van der Waals surface area (Å²) in [7, 11) is 0. The Bertz CT molecular complexity index is 405. The second kappa shape index (κ2) is 8.13. The molecule has 114 valence electrons. The lowest BCUT2D eigenvalue weighted by molar-refractivity contribution is 0.0668. The van der Waals surface area contributed by atoms with E-state index in [0.29, 0.717) is 6.10 Å². The smallest absolute Gasteiger partial charge is 0.0674 e. The van der Waals surface area contributed by atoms with E-state index in [-0.39, 0.29) is 0 Å². The van der Waals surface area contributed by atoms with E-state index in [0.717, 1.165) is 45.8 Å². The molecular formula is C16H28N2OS. The minimum atomic E-state index is 0.363. The van der Waals surface area contributed by atoms with Crippen LogP contribution in [0.25, 0.3) is 0 Å². The van der Waals surface area contributed by atoms with E-state index >= 15 is 0 Å². The highest BCUT2D eigenvalue weighted by Crippen LogP contribution is 2.23. The Morgan fingerprint density at radius 3 is 3.15 bits per heavy atom. The second-order valence-electron chi connectivity index (χ2n) is 5.74. The third-order valence-electron chi connectivity index (χ3n) is 3.73. The van der Waals surface area contributed by atoms with Crippen LogP contribution in [0.4, 0.5) is 0 Å². The summed E-state index contributed by atoms with van der Waals surface area (Å²) in [5, 5.41) is 3.49. The van der Waals surface area contributed by atoms with Gasteiger partial charge in [-0.25, -0.2) is 0 Å². The van der Waals surface area contributed by atoms with Gasteiger partial charge in [0.1, 0.15) is 0 Å². The maximum Gasteiger partial charge on any atom is 0.0674 e. The first kappa shape index (κ1) is 16.0. The lowest BCUT2D eigenvalue weighted by Gasteiger charge is -2.21. The van der Waals surface area contributed by atoms with Gasteiger partial charge in [0.15, 0.2) is 0 Å². The summed E-state index contributed by atoms with van der Waals surface area (Å²) in [6, 6.07) is 2.39. The number of ether oxygens (including phenoxy) is 1. The van der Waals surface area contributed by atoms with Gasteiger partial charge in [-0.15, -0.1) is 11.3 Å². The van der Waals surface area contributed by atoms with E-state index in [4.69, 9.17) is 4.74 Å². The normalized spacial score (nSPS) is 21.1. The average molecular weight is 296 g/mol. The van der Waals surface area contributed by atoms with Crippen LogP contribution < -0.4 is 5.32 Å². The van der Waals surface area contributed by atoms with Crippen molar-refractivity contribution >= 4 is 11.3 Å². The number of rotatable bonds is 6. The number of hydrogen-bond donors (Lipinski definition) is 1. The molecule has 0 saturated carbocycles. The topological polar surface area (TPSA) is 24.5 Å². The maximum atomic E-state index is 5.72. The molecule has 1 N–H and O–H groups in total. The molecule has 20 heavy (non-hydrogen) atoms. The third kappa shape index (κ3) is 4.85. The molecular weight excluding hydrogens is 268 g/mol. The van der Waals surface area contributed by atoms with Gasteiger partial charge < -0.3 is 10.1 Å². The van der Waals surface area contributed by atoms with E-state index in [9.17, 15) is 0 Å². The van der Waals surface area contributed by atoms with Gasteiger partial charge in [0.2, 0.25) is 0 Å². The molecule has 0 aliphatic carbocycles. The van der Waals surface area contributed by atoms with Crippen molar-refractivity contribution in [2.45, 2.75) is 52.8 Å². The molecule has 0 aromatic carbocycles. The number of thiophene rings is 1. The molecule has 1 aliphatic heterocycles. The van der Waals surface area contributed by atoms with Crippen molar-refractivity contribution in [1.29, 1.82) is 0 Å². The standard InChI is InChI=1S/C16H28N2OS/c1-4-6-17-10-16-9-15(14(3)20-16)12-18-7-5-8-19-13(2)11-18/h9,13,17H,4-8,10-12H2,1-3H3. The van der Waals surface area contributed by atoms with E-state index in [1.807, 2.05) is 11.3 Å². The zero-order valence-corrected chi connectivity index (χ0v) is 13.9. The van der Waals surface area contributed by atoms with E-state index in [1.54, 1.807) is 0 Å². The highest BCUT2D eigenvalue weighted by atomic mass is 32.1. The molecule has 2 heterocycles. The van der Waals surface area contributed by atoms with Crippen molar-refractivity contribution in [3.8, 4) is 0 Å². The monoisotopic (exact) mass is 296 g/mol. The van der Waals surface area contributed by atoms with Gasteiger partial charge in [-0.05, 0) is 44.9 Å². The summed E-state index contributed by atoms with van der Waals surface area (Å²) in [5.74, 6) is 0. The Hall–Kier alpha value is -0.420. The van der Waals surface area contributed by atoms with Crippen LogP contribution >= 0.6 is 11.3 Å². The lowest BCUT2D eigenvalue weighted by Crippen LogP contribution is -2.29. The highest BCUT2D eigenvalue weighted by Gasteiger charge is 2.16. The Balaban J connectivity index is 1.91. The van der Waals surface area contributed by atoms with Crippen molar-refractivity contribution in [2.24, 2.45) is 0 Å². The zero-order chi connectivity index (χ0) is 14.4. The van der Waals surface area contributed by atoms with Crippen LogP contribution in [0.2, 0.25) is 0 Å². The first-order valence-electron chi connectivity index (χ1n) is 7.82. The molecule has 0 spiro atoms. The fraction of sp³-hybridized carbons (Fsp3) is 0.750. The summed E-state index contributed by atoms with van der Waals surface area (Å²) >= 11 is 1.94. The molecule has 1 aliphatic rings. The van der Waals surface area contributed by atoms with Crippen LogP contribution in [0.1, 0.15) is 42.0 Å². The van der Waals surface area contributed by atoms with Gasteiger partial charge >= 0.3 is 0 Å². The predicted octanol–water partition coefficient (Wildman–Crippen LogP) is 3.17. The summed E-state index contributed by atoms with van der Waals surface area (Å²) < 4.78 is 5.72. The molecule has 0 radical (unpaired) electrons. The van der Waals surface area contributed by atoms with Gasteiger partial charge in [-0.2, -0.15) is 0 Å². The molecule has 3 nitrogen and oxygen atoms in total. The maximum absolute atomic E-state index is 5.72. The summed E-state index contributed by atoms with van der Waals surface area (Å²) in [4.78, 5) is 5.47. The molecule has 1 aromatic heterocycles. The van der Waals surface area contributed by atoms with Gasteiger partial charge in [0, 0.05) is 42.5 Å². The van der Waals surface area contributed by atoms with Crippen molar-refractivity contribution in [3.05, 3.63) is 21.4 Å². The first-order valence-corrected chi connectivity index (χ1v) is 8.63. The average Bonchev–Trinajstić information content (AvgIpc) is 2.62. The largest absolute Gasteiger partial charge is 0.377 e. The Kier molecular flexibility index (Phi) is 6.49. The van der Waals surface area contributed by atoms with Crippen LogP contribution in [-0.4, -0.2) is 37.2 Å². The minimum Gasteiger partial charge on any atom is -0.377 e. The van der Waals surface area contributed by atoms with Crippen molar-refractivity contribution in [3.63, 3.8) is 0 Å². The SMILES string of the molecule is CCCNCc1cc(CN2CCCOC(C)C2)c(C)s1. The quantitative estimate of drug-likeness (QED) is 0.816. The van der Waals surface area contributed by atoms with Crippen molar-refractivity contribution in [1.82, 2.24) is 10.2 Å². The molecule has 2 rings (SSSR count). The minimum absolute atomic E-state index is 0.363. The van der Waals surface area contributed by atoms with Gasteiger partial charge in [-0.1, -0.05) is 6.92 Å². The molecule has 1 fully saturated rings. The summed E-state index contributed by atoms with van der Waals surface area (Å²) in [6.07, 6.45) is 2.71. The molecule has 4 heteroatoms. The van der Waals surface area contributed by atoms with Crippen LogP contribution in [0.3, 0.4) is 0 Å². The summed E-state index contributed by atoms with van der Waals surface area (Å²) in [6.45, 7) is 12.9. The van der Waals surface area contributed by atoms with Crippen LogP contribution in [0.5, 0.6) is 0 Å². The number of aryl methyl sites for hydroxylation is 1. The lowest BCUT2D eigenvalue weighted by atomic mass is 10.2.